The lowest BCUT2D eigenvalue weighted by molar-refractivity contribution is 0.439. The van der Waals surface area contributed by atoms with Gasteiger partial charge in [-0.2, -0.15) is 0 Å². The highest BCUT2D eigenvalue weighted by molar-refractivity contribution is 6.33. The van der Waals surface area contributed by atoms with Gasteiger partial charge in [-0.15, -0.1) is 10.2 Å². The van der Waals surface area contributed by atoms with E-state index in [0.717, 1.165) is 18.9 Å². The molecule has 0 fully saturated rings. The van der Waals surface area contributed by atoms with Gasteiger partial charge in [0.15, 0.2) is 5.82 Å². The van der Waals surface area contributed by atoms with Crippen LogP contribution < -0.4 is 5.32 Å². The number of hydrogen-bond donors (Lipinski definition) is 1. The number of rotatable bonds is 1. The van der Waals surface area contributed by atoms with Gasteiger partial charge in [0, 0.05) is 18.7 Å². The number of aromatic nitrogens is 3. The topological polar surface area (TPSA) is 42.7 Å². The predicted octanol–water partition coefficient (Wildman–Crippen LogP) is 2.40. The third-order valence-corrected chi connectivity index (χ3v) is 3.53. The fourth-order valence-electron chi connectivity index (χ4n) is 2.22. The molecule has 0 aliphatic carbocycles. The first-order chi connectivity index (χ1) is 8.68. The lowest BCUT2D eigenvalue weighted by atomic mass is 10.2. The smallest absolute Gasteiger partial charge is 0.165 e. The molecule has 0 spiro atoms. The first-order valence-electron chi connectivity index (χ1n) is 5.79. The lowest BCUT2D eigenvalue weighted by Crippen LogP contribution is -2.32. The van der Waals surface area contributed by atoms with E-state index in [1.165, 1.54) is 6.07 Å². The van der Waals surface area contributed by atoms with Crippen LogP contribution in [0.4, 0.5) is 4.39 Å². The van der Waals surface area contributed by atoms with Crippen molar-refractivity contribution in [3.8, 4) is 11.4 Å². The minimum Gasteiger partial charge on any atom is -0.308 e. The molecule has 4 nitrogen and oxygen atoms in total. The molecule has 1 aliphatic rings. The highest BCUT2D eigenvalue weighted by Gasteiger charge is 2.23. The molecule has 1 aromatic heterocycles. The van der Waals surface area contributed by atoms with E-state index in [4.69, 9.17) is 11.6 Å². The number of benzene rings is 1. The summed E-state index contributed by atoms with van der Waals surface area (Å²) in [5, 5.41) is 11.7. The Bertz CT molecular complexity index is 596. The Morgan fingerprint density at radius 1 is 1.44 bits per heavy atom. The molecule has 0 radical (unpaired) electrons. The molecule has 1 atom stereocenters. The van der Waals surface area contributed by atoms with Crippen LogP contribution in [-0.2, 0) is 6.54 Å². The Labute approximate surface area is 109 Å². The third-order valence-electron chi connectivity index (χ3n) is 3.15. The summed E-state index contributed by atoms with van der Waals surface area (Å²) in [4.78, 5) is 0. The molecule has 1 N–H and O–H groups in total. The molecule has 0 amide bonds. The van der Waals surface area contributed by atoms with Crippen LogP contribution in [0.15, 0.2) is 18.2 Å². The average Bonchev–Trinajstić information content (AvgIpc) is 2.78. The Hall–Kier alpha value is -1.46. The average molecular weight is 267 g/mol. The van der Waals surface area contributed by atoms with Crippen LogP contribution >= 0.6 is 11.6 Å². The van der Waals surface area contributed by atoms with Crippen molar-refractivity contribution in [2.45, 2.75) is 19.5 Å². The second-order valence-corrected chi connectivity index (χ2v) is 4.69. The maximum Gasteiger partial charge on any atom is 0.165 e. The van der Waals surface area contributed by atoms with Crippen molar-refractivity contribution in [3.05, 3.63) is 34.9 Å². The summed E-state index contributed by atoms with van der Waals surface area (Å²) in [6.45, 7) is 3.62. The van der Waals surface area contributed by atoms with E-state index in [-0.39, 0.29) is 11.1 Å². The van der Waals surface area contributed by atoms with E-state index < -0.39 is 5.82 Å². The van der Waals surface area contributed by atoms with Crippen molar-refractivity contribution in [1.29, 1.82) is 0 Å². The van der Waals surface area contributed by atoms with Crippen LogP contribution in [0.25, 0.3) is 11.4 Å². The van der Waals surface area contributed by atoms with Crippen LogP contribution in [0, 0.1) is 5.82 Å². The molecule has 94 valence electrons. The molecule has 0 saturated heterocycles. The van der Waals surface area contributed by atoms with Gasteiger partial charge in [-0.1, -0.05) is 17.7 Å². The van der Waals surface area contributed by atoms with Gasteiger partial charge in [0.25, 0.3) is 0 Å². The number of nitrogens with one attached hydrogen (secondary N) is 1. The number of nitrogens with zero attached hydrogens (tertiary/aromatic N) is 3. The first kappa shape index (κ1) is 11.6. The van der Waals surface area contributed by atoms with Gasteiger partial charge >= 0.3 is 0 Å². The summed E-state index contributed by atoms with van der Waals surface area (Å²) in [5.74, 6) is 1.05. The molecule has 0 saturated carbocycles. The van der Waals surface area contributed by atoms with Crippen molar-refractivity contribution < 1.29 is 4.39 Å². The van der Waals surface area contributed by atoms with Crippen molar-refractivity contribution in [1.82, 2.24) is 20.1 Å². The van der Waals surface area contributed by atoms with E-state index in [2.05, 4.69) is 15.5 Å². The largest absolute Gasteiger partial charge is 0.308 e. The summed E-state index contributed by atoms with van der Waals surface area (Å²) in [5.41, 5.74) is 0.588. The molecular weight excluding hydrogens is 255 g/mol. The van der Waals surface area contributed by atoms with Gasteiger partial charge in [-0.25, -0.2) is 4.39 Å². The molecule has 18 heavy (non-hydrogen) atoms. The highest BCUT2D eigenvalue weighted by Crippen LogP contribution is 2.30. The molecule has 6 heteroatoms. The maximum atomic E-state index is 13.5. The van der Waals surface area contributed by atoms with E-state index in [0.29, 0.717) is 11.4 Å². The van der Waals surface area contributed by atoms with E-state index in [1.807, 2.05) is 11.5 Å². The second kappa shape index (κ2) is 4.33. The molecule has 1 unspecified atom stereocenters. The predicted molar refractivity (Wildman–Crippen MR) is 66.8 cm³/mol. The highest BCUT2D eigenvalue weighted by atomic mass is 35.5. The zero-order valence-corrected chi connectivity index (χ0v) is 10.6. The quantitative estimate of drug-likeness (QED) is 0.862. The molecule has 2 aromatic rings. The van der Waals surface area contributed by atoms with Gasteiger partial charge in [0.05, 0.1) is 11.1 Å². The van der Waals surface area contributed by atoms with Crippen LogP contribution in [0.1, 0.15) is 18.8 Å². The SMILES string of the molecule is CC1NCCn2c(-c3cccc(F)c3Cl)nnc21. The van der Waals surface area contributed by atoms with Crippen LogP contribution in [0.3, 0.4) is 0 Å². The first-order valence-corrected chi connectivity index (χ1v) is 6.17. The summed E-state index contributed by atoms with van der Waals surface area (Å²) in [6.07, 6.45) is 0. The normalized spacial score (nSPS) is 18.7. The fourth-order valence-corrected chi connectivity index (χ4v) is 2.43. The van der Waals surface area contributed by atoms with Gasteiger partial charge in [0.2, 0.25) is 0 Å². The zero-order valence-electron chi connectivity index (χ0n) is 9.82. The zero-order chi connectivity index (χ0) is 12.7. The van der Waals surface area contributed by atoms with Crippen molar-refractivity contribution in [2.24, 2.45) is 0 Å². The second-order valence-electron chi connectivity index (χ2n) is 4.31. The molecule has 1 aromatic carbocycles. The number of hydrogen-bond acceptors (Lipinski definition) is 3. The maximum absolute atomic E-state index is 13.5. The summed E-state index contributed by atoms with van der Waals surface area (Å²) in [7, 11) is 0. The standard InChI is InChI=1S/C12H12ClFN4/c1-7-11-16-17-12(18(11)6-5-15-7)8-3-2-4-9(14)10(8)13/h2-4,7,15H,5-6H2,1H3. The summed E-state index contributed by atoms with van der Waals surface area (Å²) < 4.78 is 15.5. The van der Waals surface area contributed by atoms with Crippen molar-refractivity contribution >= 4 is 11.6 Å². The molecule has 2 heterocycles. The minimum absolute atomic E-state index is 0.0962. The van der Waals surface area contributed by atoms with Gasteiger partial charge < -0.3 is 9.88 Å². The summed E-state index contributed by atoms with van der Waals surface area (Å²) in [6, 6.07) is 4.87. The molecular formula is C12H12ClFN4. The molecule has 3 rings (SSSR count). The molecule has 0 bridgehead atoms. The number of halogens is 2. The van der Waals surface area contributed by atoms with Crippen LogP contribution in [-0.4, -0.2) is 21.3 Å². The van der Waals surface area contributed by atoms with Gasteiger partial charge in [-0.05, 0) is 19.1 Å². The Kier molecular flexibility index (Phi) is 2.80. The van der Waals surface area contributed by atoms with Crippen LogP contribution in [0.5, 0.6) is 0 Å². The molecule has 1 aliphatic heterocycles. The fraction of sp³-hybridized carbons (Fsp3) is 0.333. The Balaban J connectivity index is 2.16. The van der Waals surface area contributed by atoms with Gasteiger partial charge in [0.1, 0.15) is 11.6 Å². The summed E-state index contributed by atoms with van der Waals surface area (Å²) >= 11 is 5.99. The lowest BCUT2D eigenvalue weighted by Gasteiger charge is -2.22. The Morgan fingerprint density at radius 3 is 3.11 bits per heavy atom. The van der Waals surface area contributed by atoms with E-state index in [1.54, 1.807) is 12.1 Å². The van der Waals surface area contributed by atoms with E-state index in [9.17, 15) is 4.39 Å². The monoisotopic (exact) mass is 266 g/mol. The van der Waals surface area contributed by atoms with Crippen molar-refractivity contribution in [2.75, 3.05) is 6.54 Å². The Morgan fingerprint density at radius 2 is 2.28 bits per heavy atom. The third kappa shape index (κ3) is 1.71. The van der Waals surface area contributed by atoms with Crippen molar-refractivity contribution in [3.63, 3.8) is 0 Å². The van der Waals surface area contributed by atoms with E-state index >= 15 is 0 Å². The van der Waals surface area contributed by atoms with Crippen LogP contribution in [0.2, 0.25) is 5.02 Å². The van der Waals surface area contributed by atoms with Gasteiger partial charge in [-0.3, -0.25) is 0 Å². The minimum atomic E-state index is -0.437. The number of fused-ring (bicyclic) bond motifs is 1.